The molecule has 2 unspecified atom stereocenters. The van der Waals surface area contributed by atoms with Crippen LogP contribution in [0.4, 0.5) is 0 Å². The van der Waals surface area contributed by atoms with Gasteiger partial charge in [0.15, 0.2) is 11.1 Å². The van der Waals surface area contributed by atoms with Crippen molar-refractivity contribution >= 4 is 22.8 Å². The van der Waals surface area contributed by atoms with Crippen molar-refractivity contribution < 1.29 is 23.8 Å². The van der Waals surface area contributed by atoms with E-state index in [9.17, 15) is 9.59 Å². The smallest absolute Gasteiger partial charge is 0.325 e. The predicted molar refractivity (Wildman–Crippen MR) is 123 cm³/mol. The van der Waals surface area contributed by atoms with Crippen LogP contribution in [0, 0.1) is 10.8 Å². The quantitative estimate of drug-likeness (QED) is 0.545. The molecule has 7 heteroatoms. The van der Waals surface area contributed by atoms with Crippen LogP contribution in [0.3, 0.4) is 0 Å². The summed E-state index contributed by atoms with van der Waals surface area (Å²) in [6.45, 7) is 7.88. The molecule has 1 aromatic heterocycles. The number of carbonyl (C=O) groups is 2. The van der Waals surface area contributed by atoms with Crippen molar-refractivity contribution in [3.05, 3.63) is 35.5 Å². The van der Waals surface area contributed by atoms with E-state index in [2.05, 4.69) is 35.0 Å². The van der Waals surface area contributed by atoms with Gasteiger partial charge in [-0.05, 0) is 57.6 Å². The highest BCUT2D eigenvalue weighted by atomic mass is 16.6. The Morgan fingerprint density at radius 3 is 2.52 bits per heavy atom. The summed E-state index contributed by atoms with van der Waals surface area (Å²) in [7, 11) is 0. The lowest BCUT2D eigenvalue weighted by Crippen LogP contribution is -2.70. The highest BCUT2D eigenvalue weighted by molar-refractivity contribution is 6.00. The fourth-order valence-corrected chi connectivity index (χ4v) is 6.77. The van der Waals surface area contributed by atoms with Gasteiger partial charge in [-0.15, -0.1) is 0 Å². The second kappa shape index (κ2) is 8.13. The zero-order valence-electron chi connectivity index (χ0n) is 19.9. The highest BCUT2D eigenvalue weighted by Gasteiger charge is 2.69. The largest absolute Gasteiger partial charge is 0.465 e. The van der Waals surface area contributed by atoms with Gasteiger partial charge in [0.1, 0.15) is 0 Å². The minimum Gasteiger partial charge on any atom is -0.465 e. The van der Waals surface area contributed by atoms with Crippen LogP contribution in [0.1, 0.15) is 57.7 Å². The lowest BCUT2D eigenvalue weighted by molar-refractivity contribution is -0.314. The number of aromatic nitrogens is 1. The molecule has 0 amide bonds. The number of fused-ring (bicyclic) bond motifs is 3. The third kappa shape index (κ3) is 2.94. The lowest BCUT2D eigenvalue weighted by Gasteiger charge is -2.64. The van der Waals surface area contributed by atoms with Crippen LogP contribution >= 0.6 is 0 Å². The molecule has 2 aromatic rings. The summed E-state index contributed by atoms with van der Waals surface area (Å²) in [6.07, 6.45) is 3.95. The Morgan fingerprint density at radius 1 is 1.09 bits per heavy atom. The Labute approximate surface area is 194 Å². The fourth-order valence-electron chi connectivity index (χ4n) is 6.77. The molecule has 0 bridgehead atoms. The molecule has 2 atom stereocenters. The molecule has 1 N–H and O–H groups in total. The van der Waals surface area contributed by atoms with Crippen LogP contribution in [0.2, 0.25) is 0 Å². The number of benzene rings is 1. The molecule has 178 valence electrons. The van der Waals surface area contributed by atoms with E-state index >= 15 is 0 Å². The van der Waals surface area contributed by atoms with Crippen LogP contribution in [-0.2, 0) is 35.9 Å². The molecule has 1 aromatic carbocycles. The first kappa shape index (κ1) is 22.4. The van der Waals surface area contributed by atoms with Crippen LogP contribution in [0.25, 0.3) is 10.9 Å². The van der Waals surface area contributed by atoms with Gasteiger partial charge < -0.3 is 19.2 Å². The minimum atomic E-state index is -1.44. The van der Waals surface area contributed by atoms with Crippen LogP contribution < -0.4 is 0 Å². The zero-order valence-corrected chi connectivity index (χ0v) is 19.9. The number of hydrogen-bond acceptors (Lipinski definition) is 6. The van der Waals surface area contributed by atoms with E-state index in [1.807, 2.05) is 6.07 Å². The van der Waals surface area contributed by atoms with E-state index in [0.717, 1.165) is 50.0 Å². The summed E-state index contributed by atoms with van der Waals surface area (Å²) in [5.74, 6) is -1.06. The summed E-state index contributed by atoms with van der Waals surface area (Å²) in [4.78, 5) is 32.7. The monoisotopic (exact) mass is 454 g/mol. The second-order valence-corrected chi connectivity index (χ2v) is 9.63. The molecule has 5 rings (SSSR count). The van der Waals surface area contributed by atoms with Gasteiger partial charge in [0.2, 0.25) is 0 Å². The Hall–Kier alpha value is -2.38. The summed E-state index contributed by atoms with van der Waals surface area (Å²) < 4.78 is 17.7. The standard InChI is InChI=1S/C26H34N2O5/c1-4-24-13-9-14-28-15-12-19-18-10-7-8-11-20(18)27-21(19)26(24,28)33-17-25(16-24,22(29)31-5-2)23(30)32-6-3/h7-8,10-11,27H,4-6,9,12-17H2,1-3H3. The van der Waals surface area contributed by atoms with Gasteiger partial charge in [-0.1, -0.05) is 25.1 Å². The average Bonchev–Trinajstić information content (AvgIpc) is 3.22. The number of ether oxygens (including phenoxy) is 3. The second-order valence-electron chi connectivity index (χ2n) is 9.63. The first-order valence-electron chi connectivity index (χ1n) is 12.3. The molecule has 3 aliphatic rings. The molecule has 33 heavy (non-hydrogen) atoms. The number of H-pyrrole nitrogens is 1. The third-order valence-electron chi connectivity index (χ3n) is 8.21. The van der Waals surface area contributed by atoms with Crippen LogP contribution in [0.15, 0.2) is 24.3 Å². The highest BCUT2D eigenvalue weighted by Crippen LogP contribution is 2.63. The van der Waals surface area contributed by atoms with Gasteiger partial charge >= 0.3 is 11.9 Å². The van der Waals surface area contributed by atoms with E-state index in [-0.39, 0.29) is 19.8 Å². The van der Waals surface area contributed by atoms with E-state index in [0.29, 0.717) is 6.42 Å². The minimum absolute atomic E-state index is 0.0439. The van der Waals surface area contributed by atoms with Crippen LogP contribution in [0.5, 0.6) is 0 Å². The molecular weight excluding hydrogens is 420 g/mol. The van der Waals surface area contributed by atoms with Gasteiger partial charge in [0.25, 0.3) is 0 Å². The van der Waals surface area contributed by atoms with Crippen molar-refractivity contribution in [2.75, 3.05) is 32.9 Å². The maximum Gasteiger partial charge on any atom is 0.325 e. The van der Waals surface area contributed by atoms with Crippen LogP contribution in [-0.4, -0.2) is 54.7 Å². The number of aromatic amines is 1. The van der Waals surface area contributed by atoms with Crippen molar-refractivity contribution in [3.8, 4) is 0 Å². The molecule has 2 saturated heterocycles. The molecule has 7 nitrogen and oxygen atoms in total. The van der Waals surface area contributed by atoms with Crippen molar-refractivity contribution in [3.63, 3.8) is 0 Å². The van der Waals surface area contributed by atoms with E-state index < -0.39 is 28.5 Å². The van der Waals surface area contributed by atoms with Crippen molar-refractivity contribution in [2.45, 2.75) is 58.6 Å². The lowest BCUT2D eigenvalue weighted by atomic mass is 9.56. The maximum atomic E-state index is 13.3. The number of hydrogen-bond donors (Lipinski definition) is 1. The van der Waals surface area contributed by atoms with E-state index in [1.54, 1.807) is 13.8 Å². The molecular formula is C26H34N2O5. The Kier molecular flexibility index (Phi) is 5.52. The van der Waals surface area contributed by atoms with E-state index in [4.69, 9.17) is 14.2 Å². The molecule has 3 aliphatic heterocycles. The van der Waals surface area contributed by atoms with Gasteiger partial charge in [-0.3, -0.25) is 14.5 Å². The molecule has 4 heterocycles. The topological polar surface area (TPSA) is 80.9 Å². The number of piperidine rings is 1. The number of nitrogens with one attached hydrogen (secondary N) is 1. The summed E-state index contributed by atoms with van der Waals surface area (Å²) in [6, 6.07) is 8.39. The van der Waals surface area contributed by atoms with Crippen molar-refractivity contribution in [1.82, 2.24) is 9.88 Å². The summed E-state index contributed by atoms with van der Waals surface area (Å²) >= 11 is 0. The number of para-hydroxylation sites is 1. The molecule has 0 radical (unpaired) electrons. The summed E-state index contributed by atoms with van der Waals surface area (Å²) in [5.41, 5.74) is 0.915. The van der Waals surface area contributed by atoms with Gasteiger partial charge in [-0.2, -0.15) is 0 Å². The van der Waals surface area contributed by atoms with Gasteiger partial charge in [0, 0.05) is 29.4 Å². The van der Waals surface area contributed by atoms with E-state index in [1.165, 1.54) is 10.9 Å². The number of rotatable bonds is 5. The molecule has 0 saturated carbocycles. The predicted octanol–water partition coefficient (Wildman–Crippen LogP) is 3.90. The number of carbonyl (C=O) groups excluding carboxylic acids is 2. The third-order valence-corrected chi connectivity index (χ3v) is 8.21. The normalized spacial score (nSPS) is 28.5. The molecule has 0 aliphatic carbocycles. The number of nitrogens with zero attached hydrogens (tertiary/aromatic N) is 1. The van der Waals surface area contributed by atoms with Crippen molar-refractivity contribution in [2.24, 2.45) is 10.8 Å². The molecule has 2 fully saturated rings. The SMILES string of the molecule is CCOC(=O)C1(C(=O)OCC)COC23c4[nH]c5ccccc5c4CCN2CCCC3(CC)C1. The fraction of sp³-hybridized carbons (Fsp3) is 0.615. The van der Waals surface area contributed by atoms with Gasteiger partial charge in [0.05, 0.1) is 25.5 Å². The first-order chi connectivity index (χ1) is 16.0. The molecule has 1 spiro atoms. The average molecular weight is 455 g/mol. The summed E-state index contributed by atoms with van der Waals surface area (Å²) in [5, 5.41) is 1.23. The Balaban J connectivity index is 1.69. The Bertz CT molecular complexity index is 1060. The first-order valence-corrected chi connectivity index (χ1v) is 12.3. The Morgan fingerprint density at radius 2 is 1.82 bits per heavy atom. The van der Waals surface area contributed by atoms with Gasteiger partial charge in [-0.25, -0.2) is 0 Å². The number of esters is 2. The zero-order chi connectivity index (χ0) is 23.3. The van der Waals surface area contributed by atoms with Crippen molar-refractivity contribution in [1.29, 1.82) is 0 Å². The maximum absolute atomic E-state index is 13.3.